The number of carbonyl (C=O) groups excluding carboxylic acids is 2. The molecule has 1 aromatic carbocycles. The predicted molar refractivity (Wildman–Crippen MR) is 77.6 cm³/mol. The van der Waals surface area contributed by atoms with Gasteiger partial charge >= 0.3 is 6.03 Å². The zero-order valence-electron chi connectivity index (χ0n) is 12.2. The van der Waals surface area contributed by atoms with E-state index in [1.807, 2.05) is 37.3 Å². The van der Waals surface area contributed by atoms with Crippen LogP contribution in [0.2, 0.25) is 0 Å². The molecule has 2 heterocycles. The molecule has 2 aliphatic rings. The van der Waals surface area contributed by atoms with Crippen molar-refractivity contribution in [1.29, 1.82) is 0 Å². The van der Waals surface area contributed by atoms with E-state index in [1.54, 1.807) is 4.90 Å². The summed E-state index contributed by atoms with van der Waals surface area (Å²) in [6, 6.07) is 9.19. The van der Waals surface area contributed by atoms with Gasteiger partial charge in [-0.15, -0.1) is 0 Å². The average Bonchev–Trinajstić information content (AvgIpc) is 2.74. The Morgan fingerprint density at radius 1 is 1.24 bits per heavy atom. The standard InChI is InChI=1S/C16H20N2O3/c1-16(13-5-3-2-4-6-13)14(19)17-15(20)18(16)11-12-7-9-21-10-8-12/h2-6,12H,7-11H2,1H3,(H,17,19,20). The molecular weight excluding hydrogens is 268 g/mol. The van der Waals surface area contributed by atoms with Crippen molar-refractivity contribution in [1.82, 2.24) is 10.2 Å². The van der Waals surface area contributed by atoms with Crippen LogP contribution in [0.1, 0.15) is 25.3 Å². The van der Waals surface area contributed by atoms with Crippen molar-refractivity contribution in [2.45, 2.75) is 25.3 Å². The van der Waals surface area contributed by atoms with E-state index in [0.29, 0.717) is 12.5 Å². The van der Waals surface area contributed by atoms with E-state index in [4.69, 9.17) is 4.74 Å². The maximum atomic E-state index is 12.4. The first kappa shape index (κ1) is 14.1. The molecule has 5 nitrogen and oxygen atoms in total. The summed E-state index contributed by atoms with van der Waals surface area (Å²) in [5.74, 6) is 0.143. The van der Waals surface area contributed by atoms with Crippen molar-refractivity contribution >= 4 is 11.9 Å². The number of hydrogen-bond donors (Lipinski definition) is 1. The zero-order chi connectivity index (χ0) is 14.9. The number of hydrogen-bond acceptors (Lipinski definition) is 3. The van der Waals surface area contributed by atoms with E-state index < -0.39 is 5.54 Å². The molecule has 1 atom stereocenters. The lowest BCUT2D eigenvalue weighted by molar-refractivity contribution is -0.126. The number of amides is 3. The monoisotopic (exact) mass is 288 g/mol. The fourth-order valence-electron chi connectivity index (χ4n) is 3.11. The minimum absolute atomic E-state index is 0.245. The first-order chi connectivity index (χ1) is 10.1. The van der Waals surface area contributed by atoms with Crippen LogP contribution in [-0.4, -0.2) is 36.6 Å². The Morgan fingerprint density at radius 2 is 1.90 bits per heavy atom. The number of imide groups is 1. The molecule has 2 aliphatic heterocycles. The van der Waals surface area contributed by atoms with Crippen LogP contribution in [0.3, 0.4) is 0 Å². The normalized spacial score (nSPS) is 27.0. The van der Waals surface area contributed by atoms with Gasteiger partial charge in [0.1, 0.15) is 5.54 Å². The van der Waals surface area contributed by atoms with Gasteiger partial charge in [0.2, 0.25) is 0 Å². The van der Waals surface area contributed by atoms with Crippen LogP contribution in [0.5, 0.6) is 0 Å². The minimum Gasteiger partial charge on any atom is -0.381 e. The lowest BCUT2D eigenvalue weighted by Crippen LogP contribution is -2.47. The Labute approximate surface area is 124 Å². The maximum Gasteiger partial charge on any atom is 0.325 e. The van der Waals surface area contributed by atoms with Gasteiger partial charge < -0.3 is 9.64 Å². The second-order valence-electron chi connectivity index (χ2n) is 5.86. The van der Waals surface area contributed by atoms with Crippen LogP contribution in [0, 0.1) is 5.92 Å². The van der Waals surface area contributed by atoms with Crippen molar-refractivity contribution in [3.8, 4) is 0 Å². The smallest absolute Gasteiger partial charge is 0.325 e. The summed E-state index contributed by atoms with van der Waals surface area (Å²) in [5.41, 5.74) is -0.0724. The Bertz CT molecular complexity index is 540. The molecule has 21 heavy (non-hydrogen) atoms. The highest BCUT2D eigenvalue weighted by Gasteiger charge is 2.50. The van der Waals surface area contributed by atoms with Gasteiger partial charge in [-0.2, -0.15) is 0 Å². The first-order valence-electron chi connectivity index (χ1n) is 7.38. The number of nitrogens with zero attached hydrogens (tertiary/aromatic N) is 1. The molecule has 2 saturated heterocycles. The topological polar surface area (TPSA) is 58.6 Å². The van der Waals surface area contributed by atoms with Gasteiger partial charge in [0.25, 0.3) is 5.91 Å². The number of urea groups is 1. The summed E-state index contributed by atoms with van der Waals surface area (Å²) in [6.07, 6.45) is 1.87. The van der Waals surface area contributed by atoms with Gasteiger partial charge in [0.05, 0.1) is 0 Å². The molecule has 0 saturated carbocycles. The summed E-state index contributed by atoms with van der Waals surface area (Å²) < 4.78 is 5.36. The van der Waals surface area contributed by atoms with Gasteiger partial charge in [-0.1, -0.05) is 30.3 Å². The number of nitrogens with one attached hydrogen (secondary N) is 1. The Balaban J connectivity index is 1.88. The maximum absolute atomic E-state index is 12.4. The van der Waals surface area contributed by atoms with Crippen LogP contribution in [0.4, 0.5) is 4.79 Å². The highest BCUT2D eigenvalue weighted by molar-refractivity contribution is 6.07. The van der Waals surface area contributed by atoms with Crippen LogP contribution in [0.25, 0.3) is 0 Å². The molecule has 5 heteroatoms. The van der Waals surface area contributed by atoms with Crippen molar-refractivity contribution in [2.24, 2.45) is 5.92 Å². The Hall–Kier alpha value is -1.88. The van der Waals surface area contributed by atoms with Crippen LogP contribution in [-0.2, 0) is 15.1 Å². The number of benzene rings is 1. The predicted octanol–water partition coefficient (Wildman–Crippen LogP) is 1.88. The summed E-state index contributed by atoms with van der Waals surface area (Å²) in [7, 11) is 0. The summed E-state index contributed by atoms with van der Waals surface area (Å²) in [5, 5.41) is 2.46. The molecule has 0 radical (unpaired) electrons. The van der Waals surface area contributed by atoms with Gasteiger partial charge in [-0.05, 0) is 31.2 Å². The average molecular weight is 288 g/mol. The molecule has 1 aromatic rings. The fraction of sp³-hybridized carbons (Fsp3) is 0.500. The van der Waals surface area contributed by atoms with Crippen LogP contribution in [0.15, 0.2) is 30.3 Å². The summed E-state index contributed by atoms with van der Waals surface area (Å²) in [4.78, 5) is 26.3. The number of ether oxygens (including phenoxy) is 1. The van der Waals surface area contributed by atoms with E-state index in [2.05, 4.69) is 5.32 Å². The van der Waals surface area contributed by atoms with Crippen LogP contribution >= 0.6 is 0 Å². The van der Waals surface area contributed by atoms with E-state index >= 15 is 0 Å². The van der Waals surface area contributed by atoms with E-state index in [9.17, 15) is 9.59 Å². The molecule has 0 spiro atoms. The lowest BCUT2D eigenvalue weighted by Gasteiger charge is -2.35. The summed E-state index contributed by atoms with van der Waals surface area (Å²) >= 11 is 0. The van der Waals surface area contributed by atoms with Gasteiger partial charge in [0.15, 0.2) is 0 Å². The third-order valence-electron chi connectivity index (χ3n) is 4.57. The van der Waals surface area contributed by atoms with E-state index in [0.717, 1.165) is 31.6 Å². The second-order valence-corrected chi connectivity index (χ2v) is 5.86. The van der Waals surface area contributed by atoms with Gasteiger partial charge in [-0.3, -0.25) is 10.1 Å². The Kier molecular flexibility index (Phi) is 3.68. The quantitative estimate of drug-likeness (QED) is 0.864. The van der Waals surface area contributed by atoms with Crippen molar-refractivity contribution < 1.29 is 14.3 Å². The SMILES string of the molecule is CC1(c2ccccc2)C(=O)NC(=O)N1CC1CCOCC1. The molecule has 0 aromatic heterocycles. The summed E-state index contributed by atoms with van der Waals surface area (Å²) in [6.45, 7) is 3.88. The van der Waals surface area contributed by atoms with Crippen molar-refractivity contribution in [3.63, 3.8) is 0 Å². The fourth-order valence-corrected chi connectivity index (χ4v) is 3.11. The van der Waals surface area contributed by atoms with Crippen molar-refractivity contribution in [3.05, 3.63) is 35.9 Å². The van der Waals surface area contributed by atoms with Gasteiger partial charge in [-0.25, -0.2) is 4.79 Å². The molecule has 1 N–H and O–H groups in total. The Morgan fingerprint density at radius 3 is 2.57 bits per heavy atom. The minimum atomic E-state index is -0.920. The largest absolute Gasteiger partial charge is 0.381 e. The van der Waals surface area contributed by atoms with Crippen LogP contribution < -0.4 is 5.32 Å². The van der Waals surface area contributed by atoms with E-state index in [1.165, 1.54) is 0 Å². The van der Waals surface area contributed by atoms with Gasteiger partial charge in [0, 0.05) is 19.8 Å². The second kappa shape index (κ2) is 5.48. The zero-order valence-corrected chi connectivity index (χ0v) is 12.2. The molecule has 3 amide bonds. The molecule has 2 fully saturated rings. The highest BCUT2D eigenvalue weighted by Crippen LogP contribution is 2.34. The molecule has 0 bridgehead atoms. The first-order valence-corrected chi connectivity index (χ1v) is 7.38. The van der Waals surface area contributed by atoms with Crippen molar-refractivity contribution in [2.75, 3.05) is 19.8 Å². The number of carbonyl (C=O) groups is 2. The number of rotatable bonds is 3. The third kappa shape index (κ3) is 2.42. The molecule has 3 rings (SSSR count). The lowest BCUT2D eigenvalue weighted by atomic mass is 9.89. The molecule has 112 valence electrons. The third-order valence-corrected chi connectivity index (χ3v) is 4.57. The molecule has 0 aliphatic carbocycles. The molecular formula is C16H20N2O3. The molecule has 1 unspecified atom stereocenters. The highest BCUT2D eigenvalue weighted by atomic mass is 16.5. The van der Waals surface area contributed by atoms with E-state index in [-0.39, 0.29) is 11.9 Å².